The molecular weight excluding hydrogens is 352 g/mol. The van der Waals surface area contributed by atoms with E-state index in [-0.39, 0.29) is 11.9 Å². The molecular formula is C24H28O4. The van der Waals surface area contributed by atoms with E-state index in [9.17, 15) is 9.59 Å². The second-order valence-electron chi connectivity index (χ2n) is 7.69. The molecule has 28 heavy (non-hydrogen) atoms. The van der Waals surface area contributed by atoms with Crippen LogP contribution in [-0.2, 0) is 20.7 Å². The Hall–Kier alpha value is -2.62. The Morgan fingerprint density at radius 1 is 1.07 bits per heavy atom. The second-order valence-corrected chi connectivity index (χ2v) is 7.69. The maximum atomic E-state index is 13.0. The molecule has 0 heterocycles. The first-order chi connectivity index (χ1) is 13.4. The Balaban J connectivity index is 1.87. The van der Waals surface area contributed by atoms with Crippen LogP contribution < -0.4 is 0 Å². The molecule has 2 atom stereocenters. The maximum absolute atomic E-state index is 13.0. The zero-order chi connectivity index (χ0) is 20.1. The van der Waals surface area contributed by atoms with Crippen molar-refractivity contribution in [2.45, 2.75) is 52.6 Å². The fourth-order valence-corrected chi connectivity index (χ4v) is 4.03. The van der Waals surface area contributed by atoms with Crippen LogP contribution >= 0.6 is 0 Å². The topological polar surface area (TPSA) is 52.6 Å². The molecule has 0 amide bonds. The third-order valence-electron chi connectivity index (χ3n) is 5.53. The lowest BCUT2D eigenvalue weighted by molar-refractivity contribution is -0.161. The van der Waals surface area contributed by atoms with E-state index in [4.69, 9.17) is 9.47 Å². The van der Waals surface area contributed by atoms with Gasteiger partial charge in [-0.1, -0.05) is 47.5 Å². The molecule has 0 aromatic heterocycles. The first-order valence-corrected chi connectivity index (χ1v) is 9.95. The number of carbonyl (C=O) groups excluding carboxylic acids is 2. The summed E-state index contributed by atoms with van der Waals surface area (Å²) in [4.78, 5) is 25.8. The first-order valence-electron chi connectivity index (χ1n) is 9.95. The van der Waals surface area contributed by atoms with Crippen molar-refractivity contribution in [3.8, 4) is 0 Å². The van der Waals surface area contributed by atoms with E-state index in [0.29, 0.717) is 31.4 Å². The van der Waals surface area contributed by atoms with Gasteiger partial charge in [0.05, 0.1) is 12.2 Å². The zero-order valence-electron chi connectivity index (χ0n) is 16.9. The summed E-state index contributed by atoms with van der Waals surface area (Å²) < 4.78 is 11.3. The van der Waals surface area contributed by atoms with Gasteiger partial charge in [0.1, 0.15) is 11.5 Å². The van der Waals surface area contributed by atoms with Gasteiger partial charge in [0.2, 0.25) is 0 Å². The Bertz CT molecular complexity index is 840. The van der Waals surface area contributed by atoms with E-state index >= 15 is 0 Å². The molecule has 0 spiro atoms. The summed E-state index contributed by atoms with van der Waals surface area (Å²) in [7, 11) is 0. The van der Waals surface area contributed by atoms with Crippen molar-refractivity contribution in [3.05, 3.63) is 70.8 Å². The number of benzene rings is 2. The van der Waals surface area contributed by atoms with Crippen LogP contribution in [-0.4, -0.2) is 24.6 Å². The summed E-state index contributed by atoms with van der Waals surface area (Å²) in [6.45, 7) is 6.09. The van der Waals surface area contributed by atoms with Gasteiger partial charge in [0.25, 0.3) is 0 Å². The van der Waals surface area contributed by atoms with E-state index in [2.05, 4.69) is 0 Å². The fraction of sp³-hybridized carbons (Fsp3) is 0.417. The summed E-state index contributed by atoms with van der Waals surface area (Å²) in [5.74, 6) is -0.650. The van der Waals surface area contributed by atoms with Gasteiger partial charge in [-0.15, -0.1) is 0 Å². The number of hydrogen-bond donors (Lipinski definition) is 0. The van der Waals surface area contributed by atoms with Gasteiger partial charge in [-0.25, -0.2) is 4.79 Å². The molecule has 4 heteroatoms. The lowest BCUT2D eigenvalue weighted by atomic mass is 9.78. The normalized spacial score (nSPS) is 21.3. The number of carbonyl (C=O) groups is 2. The van der Waals surface area contributed by atoms with Crippen LogP contribution in [0.5, 0.6) is 0 Å². The monoisotopic (exact) mass is 380 g/mol. The summed E-state index contributed by atoms with van der Waals surface area (Å²) in [6, 6.07) is 15.5. The van der Waals surface area contributed by atoms with Crippen LogP contribution in [0.1, 0.15) is 53.2 Å². The lowest BCUT2D eigenvalue weighted by Crippen LogP contribution is -2.44. The number of ether oxygens (including phenoxy) is 2. The van der Waals surface area contributed by atoms with Crippen molar-refractivity contribution in [2.24, 2.45) is 5.41 Å². The van der Waals surface area contributed by atoms with Crippen molar-refractivity contribution in [2.75, 3.05) is 6.61 Å². The number of rotatable bonds is 6. The fourth-order valence-electron chi connectivity index (χ4n) is 4.03. The summed E-state index contributed by atoms with van der Waals surface area (Å²) in [5, 5.41) is 0. The van der Waals surface area contributed by atoms with Gasteiger partial charge >= 0.3 is 11.9 Å². The highest BCUT2D eigenvalue weighted by molar-refractivity contribution is 5.90. The molecule has 2 aromatic carbocycles. The van der Waals surface area contributed by atoms with Gasteiger partial charge in [-0.2, -0.15) is 0 Å². The highest BCUT2D eigenvalue weighted by Crippen LogP contribution is 2.44. The van der Waals surface area contributed by atoms with E-state index in [1.165, 1.54) is 5.56 Å². The molecule has 0 saturated heterocycles. The highest BCUT2D eigenvalue weighted by Gasteiger charge is 2.52. The van der Waals surface area contributed by atoms with E-state index < -0.39 is 11.5 Å². The average Bonchev–Trinajstić information content (AvgIpc) is 3.07. The minimum atomic E-state index is -0.829. The molecule has 1 fully saturated rings. The maximum Gasteiger partial charge on any atom is 0.338 e. The molecule has 2 unspecified atom stereocenters. The number of aryl methyl sites for hydroxylation is 2. The zero-order valence-corrected chi connectivity index (χ0v) is 16.9. The Morgan fingerprint density at radius 3 is 2.50 bits per heavy atom. The SMILES string of the molecule is CCOC(=O)C1(Cc2ccc(C)cc2)CCCC1OC(=O)c1cccc(C)c1. The minimum Gasteiger partial charge on any atom is -0.465 e. The van der Waals surface area contributed by atoms with Crippen molar-refractivity contribution in [1.29, 1.82) is 0 Å². The Labute approximate surface area is 166 Å². The van der Waals surface area contributed by atoms with Crippen molar-refractivity contribution >= 4 is 11.9 Å². The van der Waals surface area contributed by atoms with Gasteiger partial charge in [-0.05, 0) is 64.2 Å². The predicted molar refractivity (Wildman–Crippen MR) is 108 cm³/mol. The van der Waals surface area contributed by atoms with Gasteiger partial charge in [0, 0.05) is 0 Å². The van der Waals surface area contributed by atoms with Crippen molar-refractivity contribution in [3.63, 3.8) is 0 Å². The molecule has 0 radical (unpaired) electrons. The molecule has 0 bridgehead atoms. The summed E-state index contributed by atoms with van der Waals surface area (Å²) in [6.07, 6.45) is 2.18. The molecule has 3 rings (SSSR count). The molecule has 4 nitrogen and oxygen atoms in total. The molecule has 1 saturated carbocycles. The summed E-state index contributed by atoms with van der Waals surface area (Å²) >= 11 is 0. The molecule has 1 aliphatic carbocycles. The van der Waals surface area contributed by atoms with Crippen LogP contribution in [0.2, 0.25) is 0 Å². The van der Waals surface area contributed by atoms with Crippen LogP contribution in [0, 0.1) is 19.3 Å². The third kappa shape index (κ3) is 4.27. The van der Waals surface area contributed by atoms with Crippen LogP contribution in [0.4, 0.5) is 0 Å². The van der Waals surface area contributed by atoms with Crippen LogP contribution in [0.3, 0.4) is 0 Å². The smallest absolute Gasteiger partial charge is 0.338 e. The quantitative estimate of drug-likeness (QED) is 0.675. The van der Waals surface area contributed by atoms with Gasteiger partial charge < -0.3 is 9.47 Å². The van der Waals surface area contributed by atoms with E-state index in [0.717, 1.165) is 17.5 Å². The molecule has 0 N–H and O–H groups in total. The first kappa shape index (κ1) is 20.1. The average molecular weight is 380 g/mol. The molecule has 2 aromatic rings. The third-order valence-corrected chi connectivity index (χ3v) is 5.53. The Morgan fingerprint density at radius 2 is 1.82 bits per heavy atom. The van der Waals surface area contributed by atoms with Gasteiger partial charge in [0.15, 0.2) is 0 Å². The molecule has 0 aliphatic heterocycles. The molecule has 1 aliphatic rings. The largest absolute Gasteiger partial charge is 0.465 e. The predicted octanol–water partition coefficient (Wildman–Crippen LogP) is 4.80. The second kappa shape index (κ2) is 8.59. The lowest BCUT2D eigenvalue weighted by Gasteiger charge is -2.33. The van der Waals surface area contributed by atoms with Crippen molar-refractivity contribution in [1.82, 2.24) is 0 Å². The summed E-state index contributed by atoms with van der Waals surface area (Å²) in [5.41, 5.74) is 2.90. The number of hydrogen-bond acceptors (Lipinski definition) is 4. The Kier molecular flexibility index (Phi) is 6.18. The highest BCUT2D eigenvalue weighted by atomic mass is 16.6. The van der Waals surface area contributed by atoms with E-state index in [1.807, 2.05) is 56.3 Å². The standard InChI is InChI=1S/C24H28O4/c1-4-27-23(26)24(16-19-12-10-17(2)11-13-19)14-6-9-21(24)28-22(25)20-8-5-7-18(3)15-20/h5,7-8,10-13,15,21H,4,6,9,14,16H2,1-3H3. The minimum absolute atomic E-state index is 0.268. The van der Waals surface area contributed by atoms with Crippen LogP contribution in [0.25, 0.3) is 0 Å². The van der Waals surface area contributed by atoms with Gasteiger partial charge in [-0.3, -0.25) is 4.79 Å². The van der Waals surface area contributed by atoms with Crippen LogP contribution in [0.15, 0.2) is 48.5 Å². The van der Waals surface area contributed by atoms with E-state index in [1.54, 1.807) is 13.0 Å². The number of esters is 2. The molecule has 148 valence electrons. The van der Waals surface area contributed by atoms with Crippen molar-refractivity contribution < 1.29 is 19.1 Å².